The Morgan fingerprint density at radius 2 is 1.70 bits per heavy atom. The molecule has 20 heavy (non-hydrogen) atoms. The van der Waals surface area contributed by atoms with E-state index in [9.17, 15) is 13.6 Å². The Balaban J connectivity index is 2.30. The standard InChI is InChI=1S/C17H18F2O/c1-3-17(4-2)11-13(7-10-15(17)19)16(20)12-5-8-14(18)9-6-12/h5-10H,3-4,11H2,1-2H3. The number of carbonyl (C=O) groups excluding carboxylic acids is 1. The number of ketones is 1. The van der Waals surface area contributed by atoms with Crippen LogP contribution in [0.4, 0.5) is 8.78 Å². The highest BCUT2D eigenvalue weighted by Crippen LogP contribution is 2.44. The van der Waals surface area contributed by atoms with Gasteiger partial charge in [0.2, 0.25) is 0 Å². The van der Waals surface area contributed by atoms with Crippen LogP contribution in [-0.4, -0.2) is 5.78 Å². The molecule has 1 aromatic carbocycles. The van der Waals surface area contributed by atoms with Gasteiger partial charge in [0.05, 0.1) is 0 Å². The molecule has 0 aromatic heterocycles. The van der Waals surface area contributed by atoms with Gasteiger partial charge in [-0.1, -0.05) is 19.9 Å². The Morgan fingerprint density at radius 1 is 1.10 bits per heavy atom. The smallest absolute Gasteiger partial charge is 0.189 e. The molecule has 0 bridgehead atoms. The average molecular weight is 276 g/mol. The summed E-state index contributed by atoms with van der Waals surface area (Å²) in [6.07, 6.45) is 4.65. The molecule has 0 fully saturated rings. The second kappa shape index (κ2) is 5.70. The van der Waals surface area contributed by atoms with Crippen LogP contribution in [0.5, 0.6) is 0 Å². The Kier molecular flexibility index (Phi) is 4.17. The summed E-state index contributed by atoms with van der Waals surface area (Å²) in [6, 6.07) is 5.46. The Morgan fingerprint density at radius 3 is 2.25 bits per heavy atom. The third kappa shape index (κ3) is 2.58. The lowest BCUT2D eigenvalue weighted by Gasteiger charge is -2.33. The van der Waals surface area contributed by atoms with Crippen molar-refractivity contribution in [1.82, 2.24) is 0 Å². The minimum atomic E-state index is -0.570. The van der Waals surface area contributed by atoms with E-state index in [0.29, 0.717) is 30.4 Å². The summed E-state index contributed by atoms with van der Waals surface area (Å²) >= 11 is 0. The van der Waals surface area contributed by atoms with E-state index < -0.39 is 5.41 Å². The Bertz CT molecular complexity index is 563. The molecular formula is C17H18F2O. The van der Waals surface area contributed by atoms with Gasteiger partial charge in [-0.25, -0.2) is 8.78 Å². The molecule has 0 saturated carbocycles. The molecule has 106 valence electrons. The van der Waals surface area contributed by atoms with Crippen molar-refractivity contribution in [3.05, 3.63) is 59.2 Å². The second-order valence-electron chi connectivity index (χ2n) is 5.21. The number of allylic oxidation sites excluding steroid dienone is 4. The zero-order valence-electron chi connectivity index (χ0n) is 11.7. The SMILES string of the molecule is CCC1(CC)CC(C(=O)c2ccc(F)cc2)=CC=C1F. The predicted molar refractivity (Wildman–Crippen MR) is 75.6 cm³/mol. The van der Waals surface area contributed by atoms with Crippen molar-refractivity contribution in [2.75, 3.05) is 0 Å². The lowest BCUT2D eigenvalue weighted by Crippen LogP contribution is -2.25. The Hall–Kier alpha value is -1.77. The fraction of sp³-hybridized carbons (Fsp3) is 0.353. The van der Waals surface area contributed by atoms with Gasteiger partial charge in [0.1, 0.15) is 11.6 Å². The van der Waals surface area contributed by atoms with Gasteiger partial charge in [-0.05, 0) is 49.6 Å². The van der Waals surface area contributed by atoms with Crippen molar-refractivity contribution in [3.8, 4) is 0 Å². The molecule has 0 radical (unpaired) electrons. The summed E-state index contributed by atoms with van der Waals surface area (Å²) in [7, 11) is 0. The van der Waals surface area contributed by atoms with Gasteiger partial charge in [0.15, 0.2) is 5.78 Å². The fourth-order valence-corrected chi connectivity index (χ4v) is 2.64. The van der Waals surface area contributed by atoms with E-state index >= 15 is 0 Å². The number of halogens is 2. The van der Waals surface area contributed by atoms with Gasteiger partial charge in [-0.2, -0.15) is 0 Å². The van der Waals surface area contributed by atoms with Crippen LogP contribution in [0, 0.1) is 11.2 Å². The highest BCUT2D eigenvalue weighted by atomic mass is 19.1. The van der Waals surface area contributed by atoms with E-state index in [2.05, 4.69) is 0 Å². The zero-order chi connectivity index (χ0) is 14.8. The van der Waals surface area contributed by atoms with Crippen LogP contribution < -0.4 is 0 Å². The molecule has 1 nitrogen and oxygen atoms in total. The van der Waals surface area contributed by atoms with E-state index in [4.69, 9.17) is 0 Å². The van der Waals surface area contributed by atoms with E-state index in [1.165, 1.54) is 30.3 Å². The molecule has 2 rings (SSSR count). The predicted octanol–water partition coefficient (Wildman–Crippen LogP) is 5.00. The topological polar surface area (TPSA) is 17.1 Å². The Labute approximate surface area is 118 Å². The molecule has 1 aliphatic rings. The number of benzene rings is 1. The minimum Gasteiger partial charge on any atom is -0.289 e. The monoisotopic (exact) mass is 276 g/mol. The van der Waals surface area contributed by atoms with Gasteiger partial charge in [-0.15, -0.1) is 0 Å². The van der Waals surface area contributed by atoms with Gasteiger partial charge in [0, 0.05) is 16.6 Å². The molecule has 1 aliphatic carbocycles. The van der Waals surface area contributed by atoms with Gasteiger partial charge in [0.25, 0.3) is 0 Å². The summed E-state index contributed by atoms with van der Waals surface area (Å²) in [4.78, 5) is 12.4. The molecular weight excluding hydrogens is 258 g/mol. The number of carbonyl (C=O) groups is 1. The summed E-state index contributed by atoms with van der Waals surface area (Å²) in [5, 5.41) is 0. The molecule has 0 heterocycles. The zero-order valence-corrected chi connectivity index (χ0v) is 11.7. The van der Waals surface area contributed by atoms with Crippen LogP contribution in [-0.2, 0) is 0 Å². The summed E-state index contributed by atoms with van der Waals surface area (Å²) in [5.41, 5.74) is 0.455. The van der Waals surface area contributed by atoms with Gasteiger partial charge < -0.3 is 0 Å². The number of Topliss-reactive ketones (excluding diaryl/α,β-unsaturated/α-hetero) is 1. The number of rotatable bonds is 4. The maximum absolute atomic E-state index is 14.1. The summed E-state index contributed by atoms with van der Waals surface area (Å²) in [5.74, 6) is -0.681. The van der Waals surface area contributed by atoms with E-state index in [1.54, 1.807) is 6.08 Å². The second-order valence-corrected chi connectivity index (χ2v) is 5.21. The molecule has 3 heteroatoms. The highest BCUT2D eigenvalue weighted by Gasteiger charge is 2.36. The first-order valence-electron chi connectivity index (χ1n) is 6.89. The normalized spacial score (nSPS) is 17.4. The largest absolute Gasteiger partial charge is 0.289 e. The van der Waals surface area contributed by atoms with Crippen LogP contribution in [0.2, 0.25) is 0 Å². The molecule has 0 N–H and O–H groups in total. The maximum Gasteiger partial charge on any atom is 0.189 e. The van der Waals surface area contributed by atoms with Crippen molar-refractivity contribution < 1.29 is 13.6 Å². The molecule has 0 atom stereocenters. The van der Waals surface area contributed by atoms with Gasteiger partial charge >= 0.3 is 0 Å². The minimum absolute atomic E-state index is 0.153. The van der Waals surface area contributed by atoms with Crippen LogP contribution in [0.3, 0.4) is 0 Å². The van der Waals surface area contributed by atoms with Crippen molar-refractivity contribution in [2.45, 2.75) is 33.1 Å². The van der Waals surface area contributed by atoms with E-state index in [1.807, 2.05) is 13.8 Å². The first-order chi connectivity index (χ1) is 9.52. The third-order valence-corrected chi connectivity index (χ3v) is 4.22. The lowest BCUT2D eigenvalue weighted by atomic mass is 9.72. The quantitative estimate of drug-likeness (QED) is 0.707. The fourth-order valence-electron chi connectivity index (χ4n) is 2.64. The van der Waals surface area contributed by atoms with Crippen molar-refractivity contribution in [1.29, 1.82) is 0 Å². The molecule has 0 saturated heterocycles. The maximum atomic E-state index is 14.1. The third-order valence-electron chi connectivity index (χ3n) is 4.22. The molecule has 1 aromatic rings. The van der Waals surface area contributed by atoms with Gasteiger partial charge in [-0.3, -0.25) is 4.79 Å². The van der Waals surface area contributed by atoms with E-state index in [0.717, 1.165) is 0 Å². The summed E-state index contributed by atoms with van der Waals surface area (Å²) < 4.78 is 26.9. The first-order valence-corrected chi connectivity index (χ1v) is 6.89. The molecule has 0 aliphatic heterocycles. The van der Waals surface area contributed by atoms with Crippen LogP contribution in [0.1, 0.15) is 43.5 Å². The highest BCUT2D eigenvalue weighted by molar-refractivity contribution is 6.09. The number of hydrogen-bond acceptors (Lipinski definition) is 1. The van der Waals surface area contributed by atoms with Crippen molar-refractivity contribution >= 4 is 5.78 Å². The number of hydrogen-bond donors (Lipinski definition) is 0. The molecule has 0 spiro atoms. The lowest BCUT2D eigenvalue weighted by molar-refractivity contribution is 0.101. The van der Waals surface area contributed by atoms with Crippen LogP contribution in [0.25, 0.3) is 0 Å². The van der Waals surface area contributed by atoms with Crippen molar-refractivity contribution in [2.24, 2.45) is 5.41 Å². The van der Waals surface area contributed by atoms with Crippen LogP contribution >= 0.6 is 0 Å². The summed E-state index contributed by atoms with van der Waals surface area (Å²) in [6.45, 7) is 3.87. The average Bonchev–Trinajstić information content (AvgIpc) is 2.48. The molecule has 0 amide bonds. The van der Waals surface area contributed by atoms with Crippen molar-refractivity contribution in [3.63, 3.8) is 0 Å². The van der Waals surface area contributed by atoms with Crippen LogP contribution in [0.15, 0.2) is 47.8 Å². The molecule has 0 unspecified atom stereocenters. The first kappa shape index (κ1) is 14.6. The van der Waals surface area contributed by atoms with E-state index in [-0.39, 0.29) is 17.4 Å².